The number of aromatic nitrogens is 2. The molecule has 1 aliphatic carbocycles. The highest BCUT2D eigenvalue weighted by molar-refractivity contribution is 5.35. The van der Waals surface area contributed by atoms with E-state index in [9.17, 15) is 15.0 Å². The zero-order valence-corrected chi connectivity index (χ0v) is 11.6. The zero-order valence-electron chi connectivity index (χ0n) is 11.6. The first kappa shape index (κ1) is 14.5. The fraction of sp³-hybridized carbons (Fsp3) is 0.692. The van der Waals surface area contributed by atoms with Crippen molar-refractivity contribution in [2.75, 3.05) is 11.9 Å². The van der Waals surface area contributed by atoms with Crippen molar-refractivity contribution in [1.29, 1.82) is 0 Å². The first-order chi connectivity index (χ1) is 9.93. The maximum atomic E-state index is 12.1. The van der Waals surface area contributed by atoms with Gasteiger partial charge in [-0.3, -0.25) is 4.57 Å². The lowest BCUT2D eigenvalue weighted by molar-refractivity contribution is -0.0986. The Kier molecular flexibility index (Phi) is 3.48. The molecule has 1 aromatic rings. The van der Waals surface area contributed by atoms with Crippen LogP contribution in [0, 0.1) is 0 Å². The van der Waals surface area contributed by atoms with Gasteiger partial charge < -0.3 is 25.4 Å². The minimum absolute atomic E-state index is 0.374. The highest BCUT2D eigenvalue weighted by Gasteiger charge is 2.53. The topological polar surface area (TPSA) is 117 Å². The van der Waals surface area contributed by atoms with Crippen molar-refractivity contribution in [1.82, 2.24) is 9.55 Å². The summed E-state index contributed by atoms with van der Waals surface area (Å²) in [6.45, 7) is 0.915. The maximum Gasteiger partial charge on any atom is 0.351 e. The molecular formula is C13H19N3O5. The predicted octanol–water partition coefficient (Wildman–Crippen LogP) is -1.18. The predicted molar refractivity (Wildman–Crippen MR) is 72.8 cm³/mol. The van der Waals surface area contributed by atoms with E-state index in [0.29, 0.717) is 11.9 Å². The molecule has 1 saturated heterocycles. The third-order valence-electron chi connectivity index (χ3n) is 3.95. The first-order valence-electron chi connectivity index (χ1n) is 6.96. The molecule has 0 radical (unpaired) electrons. The van der Waals surface area contributed by atoms with Crippen LogP contribution in [0.3, 0.4) is 0 Å². The number of ether oxygens (including phenoxy) is 1. The van der Waals surface area contributed by atoms with Crippen molar-refractivity contribution >= 4 is 5.82 Å². The summed E-state index contributed by atoms with van der Waals surface area (Å²) in [5.41, 5.74) is -2.28. The Bertz CT molecular complexity index is 583. The molecule has 1 aromatic heterocycles. The number of aliphatic hydroxyl groups excluding tert-OH is 2. The standard InChI is InChI=1S/C13H19N3O5/c1-13(20)10(18)8(6-17)21-11(13)16-5-4-9(15-12(16)19)14-7-2-3-7/h4-5,7-8,10-11,17-18,20H,2-3,6H2,1H3,(H,14,15,19)/t8?,10-,11?,13-/m1/s1. The Morgan fingerprint density at radius 3 is 2.81 bits per heavy atom. The van der Waals surface area contributed by atoms with Gasteiger partial charge in [0.05, 0.1) is 6.61 Å². The molecular weight excluding hydrogens is 278 g/mol. The number of nitrogens with one attached hydrogen (secondary N) is 1. The van der Waals surface area contributed by atoms with Crippen molar-refractivity contribution in [3.63, 3.8) is 0 Å². The molecule has 21 heavy (non-hydrogen) atoms. The summed E-state index contributed by atoms with van der Waals surface area (Å²) >= 11 is 0. The molecule has 2 aliphatic rings. The SMILES string of the molecule is C[C@]1(O)C(n2ccc(NC3CC3)nc2=O)OC(CO)[C@H]1O. The van der Waals surface area contributed by atoms with Crippen LogP contribution < -0.4 is 11.0 Å². The van der Waals surface area contributed by atoms with Crippen LogP contribution in [-0.2, 0) is 4.74 Å². The van der Waals surface area contributed by atoms with Crippen LogP contribution in [0.2, 0.25) is 0 Å². The summed E-state index contributed by atoms with van der Waals surface area (Å²) in [4.78, 5) is 16.0. The van der Waals surface area contributed by atoms with E-state index in [4.69, 9.17) is 9.84 Å². The van der Waals surface area contributed by atoms with Gasteiger partial charge >= 0.3 is 5.69 Å². The number of rotatable bonds is 4. The van der Waals surface area contributed by atoms with E-state index < -0.39 is 36.3 Å². The quantitative estimate of drug-likeness (QED) is 0.552. The van der Waals surface area contributed by atoms with Gasteiger partial charge in [-0.15, -0.1) is 0 Å². The van der Waals surface area contributed by atoms with E-state index in [1.54, 1.807) is 6.07 Å². The van der Waals surface area contributed by atoms with Crippen molar-refractivity contribution in [3.05, 3.63) is 22.7 Å². The first-order valence-corrected chi connectivity index (χ1v) is 6.96. The van der Waals surface area contributed by atoms with Gasteiger partial charge in [0.25, 0.3) is 0 Å². The smallest absolute Gasteiger partial charge is 0.351 e. The Morgan fingerprint density at radius 1 is 1.57 bits per heavy atom. The fourth-order valence-electron chi connectivity index (χ4n) is 2.50. The van der Waals surface area contributed by atoms with Gasteiger partial charge in [-0.1, -0.05) is 0 Å². The maximum absolute atomic E-state index is 12.1. The fourth-order valence-corrected chi connectivity index (χ4v) is 2.50. The molecule has 3 rings (SSSR count). The number of anilines is 1. The zero-order chi connectivity index (χ0) is 15.2. The second-order valence-corrected chi connectivity index (χ2v) is 5.80. The molecule has 0 spiro atoms. The van der Waals surface area contributed by atoms with Crippen LogP contribution in [0.15, 0.2) is 17.1 Å². The normalized spacial score (nSPS) is 35.9. The molecule has 0 bridgehead atoms. The second kappa shape index (κ2) is 5.06. The van der Waals surface area contributed by atoms with Gasteiger partial charge in [-0.2, -0.15) is 4.98 Å². The van der Waals surface area contributed by atoms with E-state index in [0.717, 1.165) is 17.4 Å². The number of nitrogens with zero attached hydrogens (tertiary/aromatic N) is 2. The molecule has 2 fully saturated rings. The van der Waals surface area contributed by atoms with Crippen LogP contribution in [0.4, 0.5) is 5.82 Å². The lowest BCUT2D eigenvalue weighted by Crippen LogP contribution is -2.46. The van der Waals surface area contributed by atoms with Crippen LogP contribution in [-0.4, -0.2) is 55.3 Å². The Labute approximate surface area is 121 Å². The lowest BCUT2D eigenvalue weighted by Gasteiger charge is -2.27. The summed E-state index contributed by atoms with van der Waals surface area (Å²) < 4.78 is 6.51. The number of aliphatic hydroxyl groups is 3. The summed E-state index contributed by atoms with van der Waals surface area (Å²) in [5, 5.41) is 32.5. The molecule has 2 unspecified atom stereocenters. The van der Waals surface area contributed by atoms with Crippen molar-refractivity contribution in [2.45, 2.75) is 49.8 Å². The van der Waals surface area contributed by atoms with Gasteiger partial charge in [-0.25, -0.2) is 4.79 Å². The summed E-state index contributed by atoms with van der Waals surface area (Å²) in [6, 6.07) is 2.00. The van der Waals surface area contributed by atoms with Crippen LogP contribution in [0.5, 0.6) is 0 Å². The Balaban J connectivity index is 1.87. The third kappa shape index (κ3) is 2.55. The van der Waals surface area contributed by atoms with Crippen molar-refractivity contribution in [3.8, 4) is 0 Å². The van der Waals surface area contributed by atoms with Crippen LogP contribution in [0.1, 0.15) is 26.0 Å². The van der Waals surface area contributed by atoms with Crippen molar-refractivity contribution in [2.24, 2.45) is 0 Å². The van der Waals surface area contributed by atoms with E-state index in [1.165, 1.54) is 13.1 Å². The molecule has 8 heteroatoms. The number of hydrogen-bond acceptors (Lipinski definition) is 7. The van der Waals surface area contributed by atoms with E-state index in [-0.39, 0.29) is 0 Å². The molecule has 1 saturated carbocycles. The molecule has 1 aliphatic heterocycles. The van der Waals surface area contributed by atoms with E-state index in [1.807, 2.05) is 0 Å². The van der Waals surface area contributed by atoms with Crippen LogP contribution in [0.25, 0.3) is 0 Å². The highest BCUT2D eigenvalue weighted by Crippen LogP contribution is 2.37. The molecule has 116 valence electrons. The molecule has 0 aromatic carbocycles. The Morgan fingerprint density at radius 2 is 2.29 bits per heavy atom. The van der Waals surface area contributed by atoms with Gasteiger partial charge in [0.2, 0.25) is 0 Å². The summed E-state index contributed by atoms with van der Waals surface area (Å²) in [5.74, 6) is 0.482. The molecule has 8 nitrogen and oxygen atoms in total. The average Bonchev–Trinajstić information content (AvgIpc) is 3.20. The molecule has 0 amide bonds. The highest BCUT2D eigenvalue weighted by atomic mass is 16.6. The summed E-state index contributed by atoms with van der Waals surface area (Å²) in [7, 11) is 0. The van der Waals surface area contributed by atoms with E-state index >= 15 is 0 Å². The third-order valence-corrected chi connectivity index (χ3v) is 3.95. The van der Waals surface area contributed by atoms with Crippen molar-refractivity contribution < 1.29 is 20.1 Å². The van der Waals surface area contributed by atoms with Gasteiger partial charge in [0.1, 0.15) is 23.6 Å². The number of hydrogen-bond donors (Lipinski definition) is 4. The molecule has 4 N–H and O–H groups in total. The second-order valence-electron chi connectivity index (χ2n) is 5.80. The van der Waals surface area contributed by atoms with Gasteiger partial charge in [0, 0.05) is 12.2 Å². The van der Waals surface area contributed by atoms with Crippen LogP contribution >= 0.6 is 0 Å². The van der Waals surface area contributed by atoms with E-state index in [2.05, 4.69) is 10.3 Å². The lowest BCUT2D eigenvalue weighted by atomic mass is 9.96. The molecule has 4 atom stereocenters. The largest absolute Gasteiger partial charge is 0.394 e. The summed E-state index contributed by atoms with van der Waals surface area (Å²) in [6.07, 6.45) is 0.265. The Hall–Kier alpha value is -1.48. The van der Waals surface area contributed by atoms with Gasteiger partial charge in [0.15, 0.2) is 6.23 Å². The average molecular weight is 297 g/mol. The molecule has 2 heterocycles. The van der Waals surface area contributed by atoms with Gasteiger partial charge in [-0.05, 0) is 25.8 Å². The monoisotopic (exact) mass is 297 g/mol. The minimum Gasteiger partial charge on any atom is -0.394 e. The minimum atomic E-state index is -1.69.